The average Bonchev–Trinajstić information content (AvgIpc) is 3.27. The van der Waals surface area contributed by atoms with Crippen molar-refractivity contribution in [2.75, 3.05) is 44.2 Å². The largest absolute Gasteiger partial charge is 0.354 e. The van der Waals surface area contributed by atoms with Crippen molar-refractivity contribution < 1.29 is 9.59 Å². The Morgan fingerprint density at radius 3 is 2.79 bits per heavy atom. The second-order valence-corrected chi connectivity index (χ2v) is 8.42. The smallest absolute Gasteiger partial charge is 0.241 e. The highest BCUT2D eigenvalue weighted by atomic mass is 35.5. The Morgan fingerprint density at radius 2 is 1.97 bits per heavy atom. The zero-order chi connectivity index (χ0) is 19.3. The summed E-state index contributed by atoms with van der Waals surface area (Å²) in [6.07, 6.45) is 6.32. The van der Waals surface area contributed by atoms with Crippen LogP contribution in [0.2, 0.25) is 0 Å². The molecule has 3 aliphatic rings. The molecule has 29 heavy (non-hydrogen) atoms. The van der Waals surface area contributed by atoms with Crippen LogP contribution in [0.1, 0.15) is 37.7 Å². The maximum Gasteiger partial charge on any atom is 0.241 e. The van der Waals surface area contributed by atoms with Crippen LogP contribution in [-0.2, 0) is 16.0 Å². The summed E-state index contributed by atoms with van der Waals surface area (Å²) in [5, 5.41) is 6.37. The monoisotopic (exact) mass is 420 g/mol. The highest BCUT2D eigenvalue weighted by molar-refractivity contribution is 5.96. The predicted molar refractivity (Wildman–Crippen MR) is 118 cm³/mol. The third-order valence-electron chi connectivity index (χ3n) is 6.32. The Labute approximate surface area is 179 Å². The highest BCUT2D eigenvalue weighted by Gasteiger charge is 2.28. The van der Waals surface area contributed by atoms with Crippen molar-refractivity contribution in [3.8, 4) is 0 Å². The van der Waals surface area contributed by atoms with E-state index in [1.807, 2.05) is 11.0 Å². The van der Waals surface area contributed by atoms with Gasteiger partial charge in [0.15, 0.2) is 0 Å². The van der Waals surface area contributed by atoms with E-state index in [1.54, 1.807) is 0 Å². The molecule has 1 aromatic rings. The van der Waals surface area contributed by atoms with Gasteiger partial charge in [-0.3, -0.25) is 14.5 Å². The summed E-state index contributed by atoms with van der Waals surface area (Å²) in [7, 11) is 0. The van der Waals surface area contributed by atoms with Crippen LogP contribution in [0.25, 0.3) is 0 Å². The minimum Gasteiger partial charge on any atom is -0.354 e. The number of benzene rings is 1. The number of carbonyl (C=O) groups excluding carboxylic acids is 2. The van der Waals surface area contributed by atoms with Gasteiger partial charge in [-0.05, 0) is 69.2 Å². The number of hydrogen-bond acceptors (Lipinski definition) is 4. The van der Waals surface area contributed by atoms with Gasteiger partial charge in [0.1, 0.15) is 0 Å². The van der Waals surface area contributed by atoms with Gasteiger partial charge >= 0.3 is 0 Å². The molecule has 2 N–H and O–H groups in total. The van der Waals surface area contributed by atoms with Gasteiger partial charge in [0.25, 0.3) is 0 Å². The number of piperidine rings is 1. The highest BCUT2D eigenvalue weighted by Crippen LogP contribution is 2.27. The van der Waals surface area contributed by atoms with Gasteiger partial charge in [0, 0.05) is 25.3 Å². The summed E-state index contributed by atoms with van der Waals surface area (Å²) in [6.45, 7) is 4.81. The van der Waals surface area contributed by atoms with E-state index < -0.39 is 0 Å². The van der Waals surface area contributed by atoms with E-state index in [2.05, 4.69) is 33.7 Å². The molecule has 2 atom stereocenters. The van der Waals surface area contributed by atoms with Gasteiger partial charge in [-0.25, -0.2) is 0 Å². The SMILES string of the molecule is Cl.O=C(NCC1CCCN(CC(=O)N2CCCc3ccccc32)C1)C1CCCN1. The molecule has 0 aliphatic carbocycles. The zero-order valence-corrected chi connectivity index (χ0v) is 17.9. The Morgan fingerprint density at radius 1 is 1.10 bits per heavy atom. The molecule has 2 fully saturated rings. The van der Waals surface area contributed by atoms with Crippen LogP contribution < -0.4 is 15.5 Å². The number of amides is 2. The third-order valence-corrected chi connectivity index (χ3v) is 6.32. The van der Waals surface area contributed by atoms with E-state index in [0.717, 1.165) is 70.4 Å². The maximum absolute atomic E-state index is 13.0. The second-order valence-electron chi connectivity index (χ2n) is 8.42. The lowest BCUT2D eigenvalue weighted by Gasteiger charge is -2.35. The first-order chi connectivity index (χ1) is 13.7. The molecule has 6 nitrogen and oxygen atoms in total. The lowest BCUT2D eigenvalue weighted by Crippen LogP contribution is -2.48. The average molecular weight is 421 g/mol. The van der Waals surface area contributed by atoms with Crippen LogP contribution in [-0.4, -0.2) is 62.0 Å². The fraction of sp³-hybridized carbons (Fsp3) is 0.636. The Balaban J connectivity index is 0.00000240. The normalized spacial score (nSPS) is 24.5. The van der Waals surface area contributed by atoms with Gasteiger partial charge in [0.2, 0.25) is 11.8 Å². The topological polar surface area (TPSA) is 64.7 Å². The number of nitrogens with zero attached hydrogens (tertiary/aromatic N) is 2. The number of carbonyl (C=O) groups is 2. The number of para-hydroxylation sites is 1. The fourth-order valence-electron chi connectivity index (χ4n) is 4.81. The summed E-state index contributed by atoms with van der Waals surface area (Å²) >= 11 is 0. The third kappa shape index (κ3) is 5.50. The van der Waals surface area contributed by atoms with Crippen LogP contribution in [0.4, 0.5) is 5.69 Å². The number of fused-ring (bicyclic) bond motifs is 1. The van der Waals surface area contributed by atoms with Crippen molar-refractivity contribution in [2.24, 2.45) is 5.92 Å². The number of rotatable bonds is 5. The minimum absolute atomic E-state index is 0. The van der Waals surface area contributed by atoms with E-state index >= 15 is 0 Å². The Bertz CT molecular complexity index is 708. The van der Waals surface area contributed by atoms with E-state index in [0.29, 0.717) is 19.0 Å². The first-order valence-corrected chi connectivity index (χ1v) is 10.8. The fourth-order valence-corrected chi connectivity index (χ4v) is 4.81. The number of anilines is 1. The first-order valence-electron chi connectivity index (χ1n) is 10.8. The molecular formula is C22H33ClN4O2. The number of hydrogen-bond donors (Lipinski definition) is 2. The quantitative estimate of drug-likeness (QED) is 0.764. The molecule has 0 aromatic heterocycles. The molecule has 0 radical (unpaired) electrons. The van der Waals surface area contributed by atoms with Crippen molar-refractivity contribution in [2.45, 2.75) is 44.6 Å². The van der Waals surface area contributed by atoms with Gasteiger partial charge in [-0.1, -0.05) is 18.2 Å². The number of halogens is 1. The number of nitrogens with one attached hydrogen (secondary N) is 2. The van der Waals surface area contributed by atoms with Crippen molar-refractivity contribution in [3.63, 3.8) is 0 Å². The van der Waals surface area contributed by atoms with Crippen LogP contribution >= 0.6 is 12.4 Å². The van der Waals surface area contributed by atoms with Crippen molar-refractivity contribution in [1.82, 2.24) is 15.5 Å². The number of aryl methyl sites for hydroxylation is 1. The van der Waals surface area contributed by atoms with Crippen molar-refractivity contribution >= 4 is 29.9 Å². The van der Waals surface area contributed by atoms with Gasteiger partial charge in [-0.2, -0.15) is 0 Å². The molecule has 2 unspecified atom stereocenters. The van der Waals surface area contributed by atoms with Gasteiger partial charge in [-0.15, -0.1) is 12.4 Å². The summed E-state index contributed by atoms with van der Waals surface area (Å²) < 4.78 is 0. The lowest BCUT2D eigenvalue weighted by atomic mass is 9.97. The molecule has 4 rings (SSSR count). The lowest BCUT2D eigenvalue weighted by molar-refractivity contribution is -0.123. The van der Waals surface area contributed by atoms with Crippen molar-refractivity contribution in [3.05, 3.63) is 29.8 Å². The van der Waals surface area contributed by atoms with Crippen LogP contribution in [0.15, 0.2) is 24.3 Å². The Hall–Kier alpha value is -1.63. The molecule has 0 saturated carbocycles. The molecule has 160 valence electrons. The van der Waals surface area contributed by atoms with E-state index in [4.69, 9.17) is 0 Å². The minimum atomic E-state index is -0.0135. The molecule has 3 aliphatic heterocycles. The second kappa shape index (κ2) is 10.4. The molecule has 0 bridgehead atoms. The summed E-state index contributed by atoms with van der Waals surface area (Å²) in [5.41, 5.74) is 2.37. The molecule has 0 spiro atoms. The Kier molecular flexibility index (Phi) is 7.92. The predicted octanol–water partition coefficient (Wildman–Crippen LogP) is 1.97. The number of likely N-dealkylation sites (tertiary alicyclic amines) is 1. The van der Waals surface area contributed by atoms with E-state index in [9.17, 15) is 9.59 Å². The van der Waals surface area contributed by atoms with Gasteiger partial charge in [0.05, 0.1) is 12.6 Å². The van der Waals surface area contributed by atoms with Crippen molar-refractivity contribution in [1.29, 1.82) is 0 Å². The van der Waals surface area contributed by atoms with Crippen LogP contribution in [0, 0.1) is 5.92 Å². The van der Waals surface area contributed by atoms with Gasteiger partial charge < -0.3 is 15.5 Å². The molecule has 2 amide bonds. The molecule has 7 heteroatoms. The van der Waals surface area contributed by atoms with Crippen LogP contribution in [0.5, 0.6) is 0 Å². The summed E-state index contributed by atoms with van der Waals surface area (Å²) in [6, 6.07) is 8.26. The molecular weight excluding hydrogens is 388 g/mol. The first kappa shape index (κ1) is 22.1. The van der Waals surface area contributed by atoms with E-state index in [-0.39, 0.29) is 30.3 Å². The summed E-state index contributed by atoms with van der Waals surface area (Å²) in [4.78, 5) is 29.4. The zero-order valence-electron chi connectivity index (χ0n) is 17.1. The maximum atomic E-state index is 13.0. The summed E-state index contributed by atoms with van der Waals surface area (Å²) in [5.74, 6) is 0.767. The standard InChI is InChI=1S/C22H32N4O2.ClH/c27-21(26-13-5-8-18-7-1-2-10-20(18)26)16-25-12-4-6-17(15-25)14-24-22(28)19-9-3-11-23-19;/h1-2,7,10,17,19,23H,3-6,8-9,11-16H2,(H,24,28);1H. The van der Waals surface area contributed by atoms with Crippen LogP contribution in [0.3, 0.4) is 0 Å². The molecule has 3 heterocycles. The van der Waals surface area contributed by atoms with E-state index in [1.165, 1.54) is 5.56 Å². The molecule has 2 saturated heterocycles. The molecule has 1 aromatic carbocycles.